The van der Waals surface area contributed by atoms with Gasteiger partial charge < -0.3 is 9.84 Å². The second kappa shape index (κ2) is 6.94. The molecule has 1 saturated heterocycles. The van der Waals surface area contributed by atoms with Crippen LogP contribution in [0.25, 0.3) is 0 Å². The summed E-state index contributed by atoms with van der Waals surface area (Å²) in [5, 5.41) is 8.33. The first-order valence-corrected chi connectivity index (χ1v) is 8.37. The highest BCUT2D eigenvalue weighted by molar-refractivity contribution is 7.93. The van der Waals surface area contributed by atoms with Gasteiger partial charge in [0, 0.05) is 24.5 Å². The van der Waals surface area contributed by atoms with E-state index in [-0.39, 0.29) is 6.61 Å². The van der Waals surface area contributed by atoms with Crippen molar-refractivity contribution in [2.75, 3.05) is 24.5 Å². The van der Waals surface area contributed by atoms with Crippen LogP contribution in [-0.2, 0) is 14.8 Å². The van der Waals surface area contributed by atoms with E-state index in [1.54, 1.807) is 12.1 Å². The van der Waals surface area contributed by atoms with E-state index in [0.29, 0.717) is 37.3 Å². The van der Waals surface area contributed by atoms with Gasteiger partial charge in [0.15, 0.2) is 0 Å². The first-order chi connectivity index (χ1) is 10.0. The van der Waals surface area contributed by atoms with Gasteiger partial charge in [-0.3, -0.25) is 4.72 Å². The van der Waals surface area contributed by atoms with Crippen molar-refractivity contribution in [3.05, 3.63) is 29.3 Å². The van der Waals surface area contributed by atoms with Crippen LogP contribution in [0.15, 0.2) is 18.2 Å². The van der Waals surface area contributed by atoms with Gasteiger partial charge in [0.05, 0.1) is 5.25 Å². The first-order valence-electron chi connectivity index (χ1n) is 6.82. The number of hydrogen-bond acceptors (Lipinski definition) is 4. The van der Waals surface area contributed by atoms with Gasteiger partial charge >= 0.3 is 0 Å². The fourth-order valence-corrected chi connectivity index (χ4v) is 3.62. The summed E-state index contributed by atoms with van der Waals surface area (Å²) in [6.45, 7) is 2.62. The Balaban J connectivity index is 2.18. The van der Waals surface area contributed by atoms with E-state index in [2.05, 4.69) is 16.6 Å². The standard InChI is InChI=1S/C15H19NO4S/c1-12-4-5-14(11-13(12)3-2-8-17)16-21(18,19)15-6-9-20-10-7-15/h4-5,11,15-17H,6-10H2,1H3. The SMILES string of the molecule is Cc1ccc(NS(=O)(=O)C2CCOCC2)cc1C#CCO. The number of anilines is 1. The van der Waals surface area contributed by atoms with Crippen molar-refractivity contribution in [3.63, 3.8) is 0 Å². The zero-order valence-corrected chi connectivity index (χ0v) is 12.7. The van der Waals surface area contributed by atoms with Crippen LogP contribution < -0.4 is 4.72 Å². The predicted octanol–water partition coefficient (Wildman–Crippen LogP) is 1.26. The molecule has 0 aliphatic carbocycles. The number of rotatable bonds is 3. The van der Waals surface area contributed by atoms with Gasteiger partial charge in [-0.1, -0.05) is 17.9 Å². The second-order valence-electron chi connectivity index (χ2n) is 4.95. The van der Waals surface area contributed by atoms with Crippen molar-refractivity contribution in [2.45, 2.75) is 25.0 Å². The van der Waals surface area contributed by atoms with Crippen molar-refractivity contribution < 1.29 is 18.3 Å². The highest BCUT2D eigenvalue weighted by Crippen LogP contribution is 2.21. The lowest BCUT2D eigenvalue weighted by Crippen LogP contribution is -2.33. The van der Waals surface area contributed by atoms with E-state index in [0.717, 1.165) is 5.56 Å². The number of benzene rings is 1. The van der Waals surface area contributed by atoms with Gasteiger partial charge in [0.25, 0.3) is 0 Å². The van der Waals surface area contributed by atoms with Crippen molar-refractivity contribution in [1.29, 1.82) is 0 Å². The van der Waals surface area contributed by atoms with Crippen LogP contribution in [0.4, 0.5) is 5.69 Å². The fraction of sp³-hybridized carbons (Fsp3) is 0.467. The molecule has 21 heavy (non-hydrogen) atoms. The highest BCUT2D eigenvalue weighted by atomic mass is 32.2. The minimum atomic E-state index is -3.41. The molecule has 1 aromatic carbocycles. The molecule has 1 aliphatic heterocycles. The van der Waals surface area contributed by atoms with Crippen LogP contribution in [0.3, 0.4) is 0 Å². The Hall–Kier alpha value is -1.55. The lowest BCUT2D eigenvalue weighted by Gasteiger charge is -2.22. The van der Waals surface area contributed by atoms with E-state index in [1.165, 1.54) is 0 Å². The van der Waals surface area contributed by atoms with E-state index < -0.39 is 15.3 Å². The van der Waals surface area contributed by atoms with Crippen LogP contribution in [0.1, 0.15) is 24.0 Å². The average Bonchev–Trinajstić information content (AvgIpc) is 2.48. The van der Waals surface area contributed by atoms with Crippen LogP contribution in [0, 0.1) is 18.8 Å². The molecule has 0 saturated carbocycles. The predicted molar refractivity (Wildman–Crippen MR) is 81.5 cm³/mol. The van der Waals surface area contributed by atoms with E-state index in [9.17, 15) is 8.42 Å². The highest BCUT2D eigenvalue weighted by Gasteiger charge is 2.27. The van der Waals surface area contributed by atoms with Gasteiger partial charge in [-0.2, -0.15) is 0 Å². The molecule has 2 N–H and O–H groups in total. The smallest absolute Gasteiger partial charge is 0.235 e. The molecule has 1 aliphatic rings. The summed E-state index contributed by atoms with van der Waals surface area (Å²) < 4.78 is 32.5. The molecular formula is C15H19NO4S. The molecule has 0 amide bonds. The lowest BCUT2D eigenvalue weighted by atomic mass is 10.1. The Bertz CT molecular complexity index is 652. The lowest BCUT2D eigenvalue weighted by molar-refractivity contribution is 0.0984. The van der Waals surface area contributed by atoms with Crippen LogP contribution >= 0.6 is 0 Å². The molecule has 0 unspecified atom stereocenters. The Morgan fingerprint density at radius 2 is 2.10 bits per heavy atom. The van der Waals surface area contributed by atoms with Crippen LogP contribution in [-0.4, -0.2) is 38.6 Å². The molecule has 2 rings (SSSR count). The minimum absolute atomic E-state index is 0.225. The van der Waals surface area contributed by atoms with Gasteiger partial charge in [-0.25, -0.2) is 8.42 Å². The number of sulfonamides is 1. The van der Waals surface area contributed by atoms with Crippen LogP contribution in [0.5, 0.6) is 0 Å². The number of aliphatic hydroxyl groups is 1. The number of hydrogen-bond donors (Lipinski definition) is 2. The maximum Gasteiger partial charge on any atom is 0.235 e. The number of aliphatic hydroxyl groups excluding tert-OH is 1. The molecular weight excluding hydrogens is 290 g/mol. The summed E-state index contributed by atoms with van der Waals surface area (Å²) in [6, 6.07) is 5.22. The Kier molecular flexibility index (Phi) is 5.23. The summed E-state index contributed by atoms with van der Waals surface area (Å²) in [5.41, 5.74) is 2.13. The fourth-order valence-electron chi connectivity index (χ4n) is 2.19. The second-order valence-corrected chi connectivity index (χ2v) is 6.91. The maximum absolute atomic E-state index is 12.3. The van der Waals surface area contributed by atoms with Crippen molar-refractivity contribution in [1.82, 2.24) is 0 Å². The van der Waals surface area contributed by atoms with Crippen molar-refractivity contribution >= 4 is 15.7 Å². The van der Waals surface area contributed by atoms with E-state index in [4.69, 9.17) is 9.84 Å². The average molecular weight is 309 g/mol. The number of aryl methyl sites for hydroxylation is 1. The molecule has 1 heterocycles. The summed E-state index contributed by atoms with van der Waals surface area (Å²) >= 11 is 0. The first kappa shape index (κ1) is 15.8. The van der Waals surface area contributed by atoms with Crippen molar-refractivity contribution in [2.24, 2.45) is 0 Å². The van der Waals surface area contributed by atoms with Gasteiger partial charge in [-0.15, -0.1) is 0 Å². The quantitative estimate of drug-likeness (QED) is 0.824. The number of ether oxygens (including phenoxy) is 1. The maximum atomic E-state index is 12.3. The third-order valence-corrected chi connectivity index (χ3v) is 5.28. The van der Waals surface area contributed by atoms with Crippen LogP contribution in [0.2, 0.25) is 0 Å². The monoisotopic (exact) mass is 309 g/mol. The third-order valence-electron chi connectivity index (χ3n) is 3.41. The molecule has 1 aromatic rings. The number of nitrogens with one attached hydrogen (secondary N) is 1. The van der Waals surface area contributed by atoms with Gasteiger partial charge in [0.2, 0.25) is 10.0 Å². The molecule has 0 bridgehead atoms. The van der Waals surface area contributed by atoms with Gasteiger partial charge in [0.1, 0.15) is 6.61 Å². The third kappa shape index (κ3) is 4.21. The van der Waals surface area contributed by atoms with E-state index in [1.807, 2.05) is 13.0 Å². The molecule has 5 nitrogen and oxygen atoms in total. The summed E-state index contributed by atoms with van der Waals surface area (Å²) in [5.74, 6) is 5.38. The summed E-state index contributed by atoms with van der Waals surface area (Å²) in [4.78, 5) is 0. The molecule has 6 heteroatoms. The Labute approximate surface area is 125 Å². The normalized spacial score (nSPS) is 16.1. The van der Waals surface area contributed by atoms with E-state index >= 15 is 0 Å². The minimum Gasteiger partial charge on any atom is -0.384 e. The Morgan fingerprint density at radius 3 is 2.76 bits per heavy atom. The Morgan fingerprint density at radius 1 is 1.38 bits per heavy atom. The molecule has 0 spiro atoms. The summed E-state index contributed by atoms with van der Waals surface area (Å²) in [7, 11) is -3.41. The van der Waals surface area contributed by atoms with Crippen molar-refractivity contribution in [3.8, 4) is 11.8 Å². The molecule has 0 radical (unpaired) electrons. The zero-order valence-electron chi connectivity index (χ0n) is 11.9. The van der Waals surface area contributed by atoms with Gasteiger partial charge in [-0.05, 0) is 37.5 Å². The topological polar surface area (TPSA) is 75.6 Å². The largest absolute Gasteiger partial charge is 0.384 e. The summed E-state index contributed by atoms with van der Waals surface area (Å²) in [6.07, 6.45) is 1.02. The molecule has 114 valence electrons. The molecule has 0 atom stereocenters. The molecule has 1 fully saturated rings. The molecule has 0 aromatic heterocycles. The zero-order chi connectivity index (χ0) is 15.3.